The molecule has 112 valence electrons. The van der Waals surface area contributed by atoms with Crippen LogP contribution in [0.15, 0.2) is 35.7 Å². The Morgan fingerprint density at radius 1 is 1.33 bits per heavy atom. The van der Waals surface area contributed by atoms with E-state index in [9.17, 15) is 18.0 Å². The third-order valence-corrected chi connectivity index (χ3v) is 3.61. The van der Waals surface area contributed by atoms with Gasteiger partial charge in [-0.15, -0.1) is 24.5 Å². The number of carbonyl (C=O) groups excluding carboxylic acids is 1. The van der Waals surface area contributed by atoms with Crippen molar-refractivity contribution < 1.29 is 22.7 Å². The molecule has 0 atom stereocenters. The molecule has 0 saturated carbocycles. The summed E-state index contributed by atoms with van der Waals surface area (Å²) in [6.07, 6.45) is -4.05. The van der Waals surface area contributed by atoms with Crippen LogP contribution in [-0.2, 0) is 6.42 Å². The zero-order valence-corrected chi connectivity index (χ0v) is 11.8. The van der Waals surface area contributed by atoms with Crippen LogP contribution in [0, 0.1) is 0 Å². The van der Waals surface area contributed by atoms with Crippen LogP contribution >= 0.6 is 11.3 Å². The molecule has 0 bridgehead atoms. The van der Waals surface area contributed by atoms with Crippen molar-refractivity contribution in [2.45, 2.75) is 19.7 Å². The number of thiophene rings is 1. The number of ether oxygens (including phenoxy) is 1. The third-order valence-electron chi connectivity index (χ3n) is 2.66. The highest BCUT2D eigenvalue weighted by molar-refractivity contribution is 7.12. The van der Waals surface area contributed by atoms with Crippen molar-refractivity contribution in [1.29, 1.82) is 0 Å². The predicted molar refractivity (Wildman–Crippen MR) is 74.8 cm³/mol. The summed E-state index contributed by atoms with van der Waals surface area (Å²) in [5, 5.41) is 4.37. The SMILES string of the molecule is CCc1ccsc1C(=O)Nc1cccc(OC(F)(F)F)c1. The lowest BCUT2D eigenvalue weighted by Crippen LogP contribution is -2.17. The van der Waals surface area contributed by atoms with Gasteiger partial charge in [-0.1, -0.05) is 13.0 Å². The maximum atomic E-state index is 12.1. The molecule has 0 radical (unpaired) electrons. The average Bonchev–Trinajstić information content (AvgIpc) is 2.85. The average molecular weight is 315 g/mol. The van der Waals surface area contributed by atoms with E-state index < -0.39 is 6.36 Å². The summed E-state index contributed by atoms with van der Waals surface area (Å²) in [7, 11) is 0. The van der Waals surface area contributed by atoms with Gasteiger partial charge in [-0.25, -0.2) is 0 Å². The van der Waals surface area contributed by atoms with Gasteiger partial charge >= 0.3 is 6.36 Å². The van der Waals surface area contributed by atoms with E-state index >= 15 is 0 Å². The van der Waals surface area contributed by atoms with Crippen LogP contribution in [0.5, 0.6) is 5.75 Å². The number of nitrogens with one attached hydrogen (secondary N) is 1. The van der Waals surface area contributed by atoms with Crippen LogP contribution in [0.2, 0.25) is 0 Å². The first-order valence-corrected chi connectivity index (χ1v) is 7.00. The van der Waals surface area contributed by atoms with Gasteiger partial charge in [0, 0.05) is 11.8 Å². The number of halogens is 3. The van der Waals surface area contributed by atoms with E-state index in [1.54, 1.807) is 5.38 Å². The minimum absolute atomic E-state index is 0.247. The van der Waals surface area contributed by atoms with Crippen molar-refractivity contribution in [3.63, 3.8) is 0 Å². The maximum Gasteiger partial charge on any atom is 0.573 e. The quantitative estimate of drug-likeness (QED) is 0.904. The molecule has 3 nitrogen and oxygen atoms in total. The fourth-order valence-electron chi connectivity index (χ4n) is 1.77. The predicted octanol–water partition coefficient (Wildman–Crippen LogP) is 4.46. The fraction of sp³-hybridized carbons (Fsp3) is 0.214. The Balaban J connectivity index is 2.13. The summed E-state index contributed by atoms with van der Waals surface area (Å²) in [5.41, 5.74) is 1.15. The molecular formula is C14H12F3NO2S. The summed E-state index contributed by atoms with van der Waals surface area (Å²) in [6, 6.07) is 7.03. The number of aryl methyl sites for hydroxylation is 1. The lowest BCUT2D eigenvalue weighted by molar-refractivity contribution is -0.274. The maximum absolute atomic E-state index is 12.1. The van der Waals surface area contributed by atoms with Gasteiger partial charge in [0.05, 0.1) is 4.88 Å². The molecule has 7 heteroatoms. The Kier molecular flexibility index (Phi) is 4.52. The number of hydrogen-bond acceptors (Lipinski definition) is 3. The molecule has 0 aliphatic rings. The van der Waals surface area contributed by atoms with Crippen LogP contribution in [0.4, 0.5) is 18.9 Å². The van der Waals surface area contributed by atoms with Crippen LogP contribution in [-0.4, -0.2) is 12.3 Å². The molecule has 0 aliphatic heterocycles. The highest BCUT2D eigenvalue weighted by Crippen LogP contribution is 2.26. The van der Waals surface area contributed by atoms with Crippen molar-refractivity contribution in [2.24, 2.45) is 0 Å². The first kappa shape index (κ1) is 15.4. The number of rotatable bonds is 4. The number of benzene rings is 1. The van der Waals surface area contributed by atoms with E-state index in [1.165, 1.54) is 29.5 Å². The molecule has 0 spiro atoms. The molecule has 2 rings (SSSR count). The monoisotopic (exact) mass is 315 g/mol. The Bertz CT molecular complexity index is 637. The molecule has 0 unspecified atom stereocenters. The minimum atomic E-state index is -4.76. The number of amides is 1. The Hall–Kier alpha value is -2.02. The zero-order chi connectivity index (χ0) is 15.5. The lowest BCUT2D eigenvalue weighted by atomic mass is 10.2. The van der Waals surface area contributed by atoms with Gasteiger partial charge in [-0.2, -0.15) is 0 Å². The van der Waals surface area contributed by atoms with Crippen LogP contribution < -0.4 is 10.1 Å². The smallest absolute Gasteiger partial charge is 0.406 e. The summed E-state index contributed by atoms with van der Waals surface area (Å²) >= 11 is 1.29. The highest BCUT2D eigenvalue weighted by atomic mass is 32.1. The molecule has 0 aliphatic carbocycles. The normalized spacial score (nSPS) is 11.2. The molecule has 21 heavy (non-hydrogen) atoms. The Morgan fingerprint density at radius 3 is 2.76 bits per heavy atom. The topological polar surface area (TPSA) is 38.3 Å². The van der Waals surface area contributed by atoms with Gasteiger partial charge < -0.3 is 10.1 Å². The Labute approximate surface area is 123 Å². The summed E-state index contributed by atoms with van der Waals surface area (Å²) in [4.78, 5) is 12.6. The van der Waals surface area contributed by atoms with E-state index in [4.69, 9.17) is 0 Å². The standard InChI is InChI=1S/C14H12F3NO2S/c1-2-9-6-7-21-12(9)13(19)18-10-4-3-5-11(8-10)20-14(15,16)17/h3-8H,2H2,1H3,(H,18,19). The van der Waals surface area contributed by atoms with Crippen molar-refractivity contribution >= 4 is 22.9 Å². The molecule has 1 N–H and O–H groups in total. The van der Waals surface area contributed by atoms with Gasteiger partial charge in [-0.05, 0) is 35.6 Å². The van der Waals surface area contributed by atoms with Gasteiger partial charge in [-0.3, -0.25) is 4.79 Å². The first-order chi connectivity index (χ1) is 9.89. The van der Waals surface area contributed by atoms with Gasteiger partial charge in [0.15, 0.2) is 0 Å². The van der Waals surface area contributed by atoms with Crippen molar-refractivity contribution in [1.82, 2.24) is 0 Å². The fourth-order valence-corrected chi connectivity index (χ4v) is 2.66. The van der Waals surface area contributed by atoms with Gasteiger partial charge in [0.2, 0.25) is 0 Å². The van der Waals surface area contributed by atoms with E-state index in [0.717, 1.165) is 11.6 Å². The molecule has 1 aromatic heterocycles. The summed E-state index contributed by atoms with van der Waals surface area (Å²) < 4.78 is 40.3. The lowest BCUT2D eigenvalue weighted by Gasteiger charge is -2.10. The van der Waals surface area contributed by atoms with E-state index in [2.05, 4.69) is 10.1 Å². The molecule has 0 fully saturated rings. The highest BCUT2D eigenvalue weighted by Gasteiger charge is 2.31. The summed E-state index contributed by atoms with van der Waals surface area (Å²) in [5.74, 6) is -0.715. The molecule has 0 saturated heterocycles. The van der Waals surface area contributed by atoms with Crippen molar-refractivity contribution in [2.75, 3.05) is 5.32 Å². The van der Waals surface area contributed by atoms with E-state index in [0.29, 0.717) is 11.3 Å². The second-order valence-corrected chi connectivity index (χ2v) is 5.07. The van der Waals surface area contributed by atoms with Crippen molar-refractivity contribution in [3.8, 4) is 5.75 Å². The zero-order valence-electron chi connectivity index (χ0n) is 11.0. The molecule has 1 amide bonds. The number of hydrogen-bond donors (Lipinski definition) is 1. The van der Waals surface area contributed by atoms with E-state index in [1.807, 2.05) is 13.0 Å². The van der Waals surface area contributed by atoms with Crippen LogP contribution in [0.25, 0.3) is 0 Å². The molecular weight excluding hydrogens is 303 g/mol. The van der Waals surface area contributed by atoms with Crippen molar-refractivity contribution in [3.05, 3.63) is 46.2 Å². The third kappa shape index (κ3) is 4.22. The number of carbonyl (C=O) groups is 1. The summed E-state index contributed by atoms with van der Waals surface area (Å²) in [6.45, 7) is 1.93. The number of anilines is 1. The van der Waals surface area contributed by atoms with Gasteiger partial charge in [0.1, 0.15) is 5.75 Å². The first-order valence-electron chi connectivity index (χ1n) is 6.12. The largest absolute Gasteiger partial charge is 0.573 e. The minimum Gasteiger partial charge on any atom is -0.406 e. The van der Waals surface area contributed by atoms with Crippen LogP contribution in [0.1, 0.15) is 22.2 Å². The molecule has 1 heterocycles. The molecule has 1 aromatic carbocycles. The molecule has 2 aromatic rings. The van der Waals surface area contributed by atoms with Gasteiger partial charge in [0.25, 0.3) is 5.91 Å². The van der Waals surface area contributed by atoms with Crippen LogP contribution in [0.3, 0.4) is 0 Å². The second kappa shape index (κ2) is 6.17. The van der Waals surface area contributed by atoms with E-state index in [-0.39, 0.29) is 17.3 Å². The second-order valence-electron chi connectivity index (χ2n) is 4.16. The number of alkyl halides is 3. The Morgan fingerprint density at radius 2 is 2.10 bits per heavy atom.